The van der Waals surface area contributed by atoms with Gasteiger partial charge in [0.25, 0.3) is 5.91 Å². The van der Waals surface area contributed by atoms with E-state index in [1.54, 1.807) is 17.0 Å². The zero-order chi connectivity index (χ0) is 16.4. The van der Waals surface area contributed by atoms with E-state index in [9.17, 15) is 9.59 Å². The fourth-order valence-electron chi connectivity index (χ4n) is 2.93. The summed E-state index contributed by atoms with van der Waals surface area (Å²) in [6.07, 6.45) is -0.704. The van der Waals surface area contributed by atoms with E-state index in [0.29, 0.717) is 18.0 Å². The first-order valence-corrected chi connectivity index (χ1v) is 7.74. The number of para-hydroxylation sites is 2. The van der Waals surface area contributed by atoms with Crippen molar-refractivity contribution in [3.05, 3.63) is 24.3 Å². The first-order valence-electron chi connectivity index (χ1n) is 7.74. The summed E-state index contributed by atoms with van der Waals surface area (Å²) in [5.41, 5.74) is 6.04. The van der Waals surface area contributed by atoms with Crippen LogP contribution in [0.4, 0.5) is 5.69 Å². The van der Waals surface area contributed by atoms with Crippen LogP contribution < -0.4 is 15.4 Å². The van der Waals surface area contributed by atoms with Gasteiger partial charge in [-0.25, -0.2) is 0 Å². The number of hydrogen-bond donors (Lipinski definition) is 1. The number of nitrogens with zero attached hydrogens (tertiary/aromatic N) is 2. The topological polar surface area (TPSA) is 85.1 Å². The molecule has 0 radical (unpaired) electrons. The SMILES string of the molecule is C[C@H]1CN(CC(=O)N2C[C@@H](C(N)=O)Oc3ccccc32)CCO1. The summed E-state index contributed by atoms with van der Waals surface area (Å²) in [6.45, 7) is 4.48. The molecule has 2 atom stereocenters. The normalized spacial score (nSPS) is 24.7. The number of carbonyl (C=O) groups is 2. The Morgan fingerprint density at radius 2 is 2.09 bits per heavy atom. The molecule has 0 unspecified atom stereocenters. The second-order valence-electron chi connectivity index (χ2n) is 5.90. The molecule has 0 aliphatic carbocycles. The Kier molecular flexibility index (Phi) is 4.49. The monoisotopic (exact) mass is 319 g/mol. The molecule has 1 aromatic rings. The summed E-state index contributed by atoms with van der Waals surface area (Å²) >= 11 is 0. The van der Waals surface area contributed by atoms with Crippen molar-refractivity contribution in [2.45, 2.75) is 19.1 Å². The quantitative estimate of drug-likeness (QED) is 0.847. The van der Waals surface area contributed by atoms with Gasteiger partial charge in [-0.3, -0.25) is 14.5 Å². The van der Waals surface area contributed by atoms with Crippen LogP contribution in [0.1, 0.15) is 6.92 Å². The molecular formula is C16H21N3O4. The van der Waals surface area contributed by atoms with Crippen LogP contribution in [0.15, 0.2) is 24.3 Å². The average molecular weight is 319 g/mol. The van der Waals surface area contributed by atoms with E-state index < -0.39 is 12.0 Å². The number of ether oxygens (including phenoxy) is 2. The highest BCUT2D eigenvalue weighted by Gasteiger charge is 2.33. The van der Waals surface area contributed by atoms with E-state index in [-0.39, 0.29) is 25.1 Å². The van der Waals surface area contributed by atoms with Gasteiger partial charge in [0.1, 0.15) is 5.75 Å². The molecular weight excluding hydrogens is 298 g/mol. The Morgan fingerprint density at radius 1 is 1.30 bits per heavy atom. The first kappa shape index (κ1) is 15.8. The molecule has 2 heterocycles. The van der Waals surface area contributed by atoms with Gasteiger partial charge in [0, 0.05) is 13.1 Å². The average Bonchev–Trinajstić information content (AvgIpc) is 2.53. The predicted molar refractivity (Wildman–Crippen MR) is 84.3 cm³/mol. The Morgan fingerprint density at radius 3 is 2.83 bits per heavy atom. The number of hydrogen-bond acceptors (Lipinski definition) is 5. The van der Waals surface area contributed by atoms with E-state index in [1.807, 2.05) is 19.1 Å². The third-order valence-corrected chi connectivity index (χ3v) is 4.08. The van der Waals surface area contributed by atoms with Crippen LogP contribution in [0.5, 0.6) is 5.75 Å². The van der Waals surface area contributed by atoms with Gasteiger partial charge in [0.2, 0.25) is 5.91 Å². The van der Waals surface area contributed by atoms with Gasteiger partial charge in [-0.2, -0.15) is 0 Å². The maximum atomic E-state index is 12.7. The van der Waals surface area contributed by atoms with Gasteiger partial charge in [0.05, 0.1) is 31.5 Å². The standard InChI is InChI=1S/C16H21N3O4/c1-11-8-18(6-7-22-11)10-15(20)19-9-14(16(17)21)23-13-5-3-2-4-12(13)19/h2-5,11,14H,6-10H2,1H3,(H2,17,21)/t11-,14-/m0/s1. The van der Waals surface area contributed by atoms with E-state index in [4.69, 9.17) is 15.2 Å². The molecule has 0 saturated carbocycles. The lowest BCUT2D eigenvalue weighted by Gasteiger charge is -2.36. The maximum Gasteiger partial charge on any atom is 0.260 e. The van der Waals surface area contributed by atoms with Crippen LogP contribution in [-0.2, 0) is 14.3 Å². The third-order valence-electron chi connectivity index (χ3n) is 4.08. The molecule has 0 spiro atoms. The van der Waals surface area contributed by atoms with Crippen molar-refractivity contribution in [3.63, 3.8) is 0 Å². The highest BCUT2D eigenvalue weighted by Crippen LogP contribution is 2.33. The van der Waals surface area contributed by atoms with Crippen LogP contribution >= 0.6 is 0 Å². The van der Waals surface area contributed by atoms with E-state index in [0.717, 1.165) is 13.1 Å². The molecule has 23 heavy (non-hydrogen) atoms. The number of nitrogens with two attached hydrogens (primary N) is 1. The second-order valence-corrected chi connectivity index (χ2v) is 5.90. The molecule has 0 bridgehead atoms. The molecule has 2 aliphatic heterocycles. The fourth-order valence-corrected chi connectivity index (χ4v) is 2.93. The van der Waals surface area contributed by atoms with Crippen molar-refractivity contribution in [2.75, 3.05) is 37.7 Å². The number of morpholine rings is 1. The Bertz CT molecular complexity index is 607. The van der Waals surface area contributed by atoms with Crippen molar-refractivity contribution in [1.29, 1.82) is 0 Å². The minimum Gasteiger partial charge on any atom is -0.477 e. The minimum absolute atomic E-state index is 0.0684. The lowest BCUT2D eigenvalue weighted by molar-refractivity contribution is -0.126. The van der Waals surface area contributed by atoms with Crippen LogP contribution in [0, 0.1) is 0 Å². The molecule has 1 saturated heterocycles. The first-order chi connectivity index (χ1) is 11.0. The van der Waals surface area contributed by atoms with Gasteiger partial charge in [0.15, 0.2) is 6.10 Å². The summed E-state index contributed by atoms with van der Waals surface area (Å²) in [4.78, 5) is 27.9. The summed E-state index contributed by atoms with van der Waals surface area (Å²) in [5, 5.41) is 0. The zero-order valence-corrected chi connectivity index (χ0v) is 13.1. The lowest BCUT2D eigenvalue weighted by Crippen LogP contribution is -2.53. The van der Waals surface area contributed by atoms with Gasteiger partial charge >= 0.3 is 0 Å². The van der Waals surface area contributed by atoms with Gasteiger partial charge in [-0.15, -0.1) is 0 Å². The van der Waals surface area contributed by atoms with Crippen LogP contribution in [0.2, 0.25) is 0 Å². The Balaban J connectivity index is 1.77. The van der Waals surface area contributed by atoms with E-state index in [1.165, 1.54) is 0 Å². The molecule has 0 aromatic heterocycles. The number of carbonyl (C=O) groups excluding carboxylic acids is 2. The number of fused-ring (bicyclic) bond motifs is 1. The lowest BCUT2D eigenvalue weighted by atomic mass is 10.1. The number of primary amides is 1. The summed E-state index contributed by atoms with van der Waals surface area (Å²) in [6, 6.07) is 7.19. The smallest absolute Gasteiger partial charge is 0.260 e. The summed E-state index contributed by atoms with van der Waals surface area (Å²) in [5.74, 6) is -0.135. The number of rotatable bonds is 3. The van der Waals surface area contributed by atoms with Crippen molar-refractivity contribution >= 4 is 17.5 Å². The van der Waals surface area contributed by atoms with Crippen molar-refractivity contribution < 1.29 is 19.1 Å². The van der Waals surface area contributed by atoms with Gasteiger partial charge in [-0.05, 0) is 19.1 Å². The largest absolute Gasteiger partial charge is 0.477 e. The van der Waals surface area contributed by atoms with E-state index in [2.05, 4.69) is 4.90 Å². The minimum atomic E-state index is -0.822. The highest BCUT2D eigenvalue weighted by molar-refractivity contribution is 5.98. The summed E-state index contributed by atoms with van der Waals surface area (Å²) < 4.78 is 11.1. The number of benzene rings is 1. The predicted octanol–water partition coefficient (Wildman–Crippen LogP) is -0.0134. The zero-order valence-electron chi connectivity index (χ0n) is 13.1. The molecule has 124 valence electrons. The molecule has 2 amide bonds. The van der Waals surface area contributed by atoms with Gasteiger partial charge in [-0.1, -0.05) is 12.1 Å². The molecule has 2 aliphatic rings. The summed E-state index contributed by atoms with van der Waals surface area (Å²) in [7, 11) is 0. The fraction of sp³-hybridized carbons (Fsp3) is 0.500. The Hall–Kier alpha value is -2.12. The molecule has 7 heteroatoms. The van der Waals surface area contributed by atoms with Crippen LogP contribution in [0.25, 0.3) is 0 Å². The molecule has 1 fully saturated rings. The van der Waals surface area contributed by atoms with Crippen molar-refractivity contribution in [2.24, 2.45) is 5.73 Å². The molecule has 3 rings (SSSR count). The van der Waals surface area contributed by atoms with Crippen LogP contribution in [-0.4, -0.2) is 61.7 Å². The third kappa shape index (κ3) is 3.46. The van der Waals surface area contributed by atoms with E-state index >= 15 is 0 Å². The van der Waals surface area contributed by atoms with Crippen LogP contribution in [0.3, 0.4) is 0 Å². The molecule has 2 N–H and O–H groups in total. The molecule has 1 aromatic carbocycles. The highest BCUT2D eigenvalue weighted by atomic mass is 16.5. The second kappa shape index (κ2) is 6.55. The Labute approximate surface area is 134 Å². The maximum absolute atomic E-state index is 12.7. The molecule has 7 nitrogen and oxygen atoms in total. The van der Waals surface area contributed by atoms with Crippen molar-refractivity contribution in [1.82, 2.24) is 4.90 Å². The number of amides is 2. The van der Waals surface area contributed by atoms with Gasteiger partial charge < -0.3 is 20.1 Å². The van der Waals surface area contributed by atoms with Crippen molar-refractivity contribution in [3.8, 4) is 5.75 Å². The number of anilines is 1.